The zero-order valence-electron chi connectivity index (χ0n) is 8.74. The minimum atomic E-state index is -1.16. The number of carboxylic acid groups (broad SMARTS) is 1. The van der Waals surface area contributed by atoms with Crippen LogP contribution in [-0.2, 0) is 14.4 Å². The highest BCUT2D eigenvalue weighted by Crippen LogP contribution is 1.96. The van der Waals surface area contributed by atoms with Crippen LogP contribution in [0.1, 0.15) is 33.6 Å². The first-order valence-electron chi connectivity index (χ1n) is 4.47. The van der Waals surface area contributed by atoms with Crippen LogP contribution < -0.4 is 5.73 Å². The quantitative estimate of drug-likeness (QED) is 0.629. The van der Waals surface area contributed by atoms with Crippen LogP contribution in [0.25, 0.3) is 0 Å². The second-order valence-corrected chi connectivity index (χ2v) is 2.46. The molecule has 0 aliphatic carbocycles. The van der Waals surface area contributed by atoms with E-state index >= 15 is 0 Å². The highest BCUT2D eigenvalue weighted by Gasteiger charge is 2.15. The molecule has 0 saturated heterocycles. The van der Waals surface area contributed by atoms with Crippen LogP contribution in [0.2, 0.25) is 0 Å². The van der Waals surface area contributed by atoms with Crippen molar-refractivity contribution in [2.24, 2.45) is 5.73 Å². The van der Waals surface area contributed by atoms with Gasteiger partial charge in [-0.05, 0) is 6.42 Å². The van der Waals surface area contributed by atoms with Crippen LogP contribution in [0.4, 0.5) is 0 Å². The van der Waals surface area contributed by atoms with Gasteiger partial charge in [0.25, 0.3) is 0 Å². The lowest BCUT2D eigenvalue weighted by atomic mass is 10.1. The van der Waals surface area contributed by atoms with Gasteiger partial charge in [-0.15, -0.1) is 0 Å². The molecule has 5 nitrogen and oxygen atoms in total. The Kier molecular flexibility index (Phi) is 9.12. The van der Waals surface area contributed by atoms with E-state index in [4.69, 9.17) is 10.8 Å². The maximum Gasteiger partial charge on any atom is 0.320 e. The average Bonchev–Trinajstić information content (AvgIpc) is 2.16. The van der Waals surface area contributed by atoms with E-state index in [1.165, 1.54) is 0 Å². The molecule has 0 fully saturated rings. The topological polar surface area (TPSA) is 97.5 Å². The van der Waals surface area contributed by atoms with Crippen molar-refractivity contribution in [3.63, 3.8) is 0 Å². The van der Waals surface area contributed by atoms with Crippen molar-refractivity contribution in [3.05, 3.63) is 0 Å². The summed E-state index contributed by atoms with van der Waals surface area (Å²) in [6, 6.07) is -1.06. The molecule has 0 aromatic heterocycles. The summed E-state index contributed by atoms with van der Waals surface area (Å²) in [6.45, 7) is 5.15. The molecule has 82 valence electrons. The second-order valence-electron chi connectivity index (χ2n) is 2.46. The molecule has 5 heteroatoms. The molecule has 1 atom stereocenters. The van der Waals surface area contributed by atoms with Gasteiger partial charge in [-0.2, -0.15) is 0 Å². The molecular formula is C9H17NO4. The largest absolute Gasteiger partial charge is 0.480 e. The van der Waals surface area contributed by atoms with Gasteiger partial charge in [0.1, 0.15) is 6.04 Å². The fourth-order valence-corrected chi connectivity index (χ4v) is 0.586. The number of hydrogen-bond acceptors (Lipinski definition) is 4. The van der Waals surface area contributed by atoms with E-state index in [0.29, 0.717) is 0 Å². The highest BCUT2D eigenvalue weighted by atomic mass is 16.4. The van der Waals surface area contributed by atoms with E-state index in [-0.39, 0.29) is 12.8 Å². The van der Waals surface area contributed by atoms with Crippen LogP contribution in [-0.4, -0.2) is 28.7 Å². The summed E-state index contributed by atoms with van der Waals surface area (Å²) >= 11 is 0. The Morgan fingerprint density at radius 1 is 1.29 bits per heavy atom. The Hall–Kier alpha value is -1.23. The fourth-order valence-electron chi connectivity index (χ4n) is 0.586. The molecule has 0 aromatic rings. The van der Waals surface area contributed by atoms with Gasteiger partial charge in [0.05, 0.1) is 0 Å². The summed E-state index contributed by atoms with van der Waals surface area (Å²) in [5, 5.41) is 8.31. The van der Waals surface area contributed by atoms with Gasteiger partial charge in [-0.3, -0.25) is 14.4 Å². The Bertz CT molecular complexity index is 213. The average molecular weight is 203 g/mol. The van der Waals surface area contributed by atoms with Gasteiger partial charge in [0.2, 0.25) is 0 Å². The van der Waals surface area contributed by atoms with Gasteiger partial charge < -0.3 is 10.8 Å². The Morgan fingerprint density at radius 3 is 2.00 bits per heavy atom. The number of hydrogen-bond donors (Lipinski definition) is 2. The summed E-state index contributed by atoms with van der Waals surface area (Å²) in [5.41, 5.74) is 5.10. The van der Waals surface area contributed by atoms with Gasteiger partial charge in [0.15, 0.2) is 11.6 Å². The van der Waals surface area contributed by atoms with Crippen LogP contribution >= 0.6 is 0 Å². The number of aliphatic carboxylic acids is 1. The number of Topliss-reactive ketones (excluding diaryl/α,β-unsaturated/α-hetero) is 2. The van der Waals surface area contributed by atoms with Crippen LogP contribution in [0, 0.1) is 0 Å². The first kappa shape index (κ1) is 15.3. The summed E-state index contributed by atoms with van der Waals surface area (Å²) < 4.78 is 0. The first-order valence-corrected chi connectivity index (χ1v) is 4.47. The van der Waals surface area contributed by atoms with E-state index in [2.05, 4.69) is 0 Å². The number of ketones is 2. The lowest BCUT2D eigenvalue weighted by molar-refractivity contribution is -0.139. The van der Waals surface area contributed by atoms with Crippen molar-refractivity contribution in [1.29, 1.82) is 0 Å². The third-order valence-corrected chi connectivity index (χ3v) is 1.39. The summed E-state index contributed by atoms with van der Waals surface area (Å²) in [6.07, 6.45) is -0.0868. The standard InChI is InChI=1S/C7H11NO4.C2H6/c1-4(9)6(10)3-2-5(8)7(11)12;1-2/h5H,2-3,8H2,1H3,(H,11,12);1-2H3. The lowest BCUT2D eigenvalue weighted by Gasteiger charge is -2.02. The summed E-state index contributed by atoms with van der Waals surface area (Å²) in [4.78, 5) is 31.2. The molecule has 0 aliphatic rings. The maximum atomic E-state index is 10.7. The van der Waals surface area contributed by atoms with E-state index in [0.717, 1.165) is 6.92 Å². The molecule has 0 heterocycles. The van der Waals surface area contributed by atoms with Crippen molar-refractivity contribution >= 4 is 17.5 Å². The smallest absolute Gasteiger partial charge is 0.320 e. The minimum Gasteiger partial charge on any atom is -0.480 e. The predicted molar refractivity (Wildman–Crippen MR) is 51.9 cm³/mol. The molecule has 0 saturated carbocycles. The van der Waals surface area contributed by atoms with Crippen LogP contribution in [0.15, 0.2) is 0 Å². The molecule has 14 heavy (non-hydrogen) atoms. The van der Waals surface area contributed by atoms with Gasteiger partial charge in [-0.1, -0.05) is 13.8 Å². The molecule has 0 amide bonds. The molecule has 0 radical (unpaired) electrons. The van der Waals surface area contributed by atoms with E-state index in [1.807, 2.05) is 13.8 Å². The van der Waals surface area contributed by atoms with Gasteiger partial charge in [-0.25, -0.2) is 0 Å². The van der Waals surface area contributed by atoms with Crippen LogP contribution in [0.3, 0.4) is 0 Å². The molecule has 0 rings (SSSR count). The predicted octanol–water partition coefficient (Wildman–Crippen LogP) is 0.363. The summed E-state index contributed by atoms with van der Waals surface area (Å²) in [5.74, 6) is -2.30. The Labute approximate surface area is 83.3 Å². The van der Waals surface area contributed by atoms with Crippen molar-refractivity contribution in [1.82, 2.24) is 0 Å². The Balaban J connectivity index is 0. The highest BCUT2D eigenvalue weighted by molar-refractivity contribution is 6.36. The number of nitrogens with two attached hydrogens (primary N) is 1. The van der Waals surface area contributed by atoms with Crippen molar-refractivity contribution in [3.8, 4) is 0 Å². The van der Waals surface area contributed by atoms with E-state index < -0.39 is 23.6 Å². The monoisotopic (exact) mass is 203 g/mol. The zero-order valence-corrected chi connectivity index (χ0v) is 8.74. The van der Waals surface area contributed by atoms with Gasteiger partial charge >= 0.3 is 5.97 Å². The first-order chi connectivity index (χ1) is 6.45. The lowest BCUT2D eigenvalue weighted by Crippen LogP contribution is -2.31. The van der Waals surface area contributed by atoms with E-state index in [9.17, 15) is 14.4 Å². The number of carbonyl (C=O) groups excluding carboxylic acids is 2. The normalized spacial score (nSPS) is 10.9. The molecule has 0 aromatic carbocycles. The molecule has 1 unspecified atom stereocenters. The fraction of sp³-hybridized carbons (Fsp3) is 0.667. The second kappa shape index (κ2) is 8.37. The molecule has 0 spiro atoms. The minimum absolute atomic E-state index is 0.00769. The number of rotatable bonds is 5. The number of carbonyl (C=O) groups is 3. The third kappa shape index (κ3) is 7.42. The van der Waals surface area contributed by atoms with Gasteiger partial charge in [0, 0.05) is 13.3 Å². The van der Waals surface area contributed by atoms with E-state index in [1.54, 1.807) is 0 Å². The Morgan fingerprint density at radius 2 is 1.71 bits per heavy atom. The molecule has 0 aliphatic heterocycles. The summed E-state index contributed by atoms with van der Waals surface area (Å²) in [7, 11) is 0. The maximum absolute atomic E-state index is 10.7. The molecule has 3 N–H and O–H groups in total. The molecular weight excluding hydrogens is 186 g/mol. The molecule has 0 bridgehead atoms. The SMILES string of the molecule is CC.CC(=O)C(=O)CCC(N)C(=O)O. The van der Waals surface area contributed by atoms with Crippen molar-refractivity contribution < 1.29 is 19.5 Å². The van der Waals surface area contributed by atoms with Crippen molar-refractivity contribution in [2.75, 3.05) is 0 Å². The zero-order chi connectivity index (χ0) is 11.7. The van der Waals surface area contributed by atoms with Crippen molar-refractivity contribution in [2.45, 2.75) is 39.7 Å². The third-order valence-electron chi connectivity index (χ3n) is 1.39. The van der Waals surface area contributed by atoms with Crippen LogP contribution in [0.5, 0.6) is 0 Å². The number of carboxylic acids is 1.